The number of para-hydroxylation sites is 1. The summed E-state index contributed by atoms with van der Waals surface area (Å²) in [5.74, 6) is -2.46. The lowest BCUT2D eigenvalue weighted by atomic mass is 10.0. The van der Waals surface area contributed by atoms with E-state index in [0.29, 0.717) is 0 Å². The zero-order chi connectivity index (χ0) is 21.4. The summed E-state index contributed by atoms with van der Waals surface area (Å²) < 4.78 is 0. The lowest BCUT2D eigenvalue weighted by Gasteiger charge is -2.21. The van der Waals surface area contributed by atoms with Gasteiger partial charge in [-0.2, -0.15) is 0 Å². The van der Waals surface area contributed by atoms with Gasteiger partial charge in [0.2, 0.25) is 11.8 Å². The summed E-state index contributed by atoms with van der Waals surface area (Å²) >= 11 is 0. The molecule has 0 aliphatic heterocycles. The van der Waals surface area contributed by atoms with Crippen molar-refractivity contribution in [1.29, 1.82) is 0 Å². The maximum absolute atomic E-state index is 12.7. The number of carbonyl (C=O) groups is 3. The lowest BCUT2D eigenvalue weighted by molar-refractivity contribution is -0.385. The summed E-state index contributed by atoms with van der Waals surface area (Å²) in [6, 6.07) is 12.3. The summed E-state index contributed by atoms with van der Waals surface area (Å²) in [6.07, 6.45) is -0.0968. The van der Waals surface area contributed by atoms with Crippen LogP contribution in [0.4, 0.5) is 5.69 Å². The van der Waals surface area contributed by atoms with Crippen molar-refractivity contribution < 1.29 is 24.4 Å². The smallest absolute Gasteiger partial charge is 0.326 e. The average Bonchev–Trinajstić information content (AvgIpc) is 2.67. The van der Waals surface area contributed by atoms with Gasteiger partial charge in [-0.25, -0.2) is 4.79 Å². The van der Waals surface area contributed by atoms with Gasteiger partial charge in [-0.15, -0.1) is 0 Å². The molecule has 0 unspecified atom stereocenters. The largest absolute Gasteiger partial charge is 0.480 e. The third kappa shape index (κ3) is 6.42. The second-order valence-electron chi connectivity index (χ2n) is 6.43. The van der Waals surface area contributed by atoms with Crippen molar-refractivity contribution in [1.82, 2.24) is 10.6 Å². The molecule has 0 saturated carbocycles. The van der Waals surface area contributed by atoms with E-state index in [9.17, 15) is 29.6 Å². The van der Waals surface area contributed by atoms with Gasteiger partial charge in [0.05, 0.1) is 4.92 Å². The first kappa shape index (κ1) is 21.5. The van der Waals surface area contributed by atoms with Crippen molar-refractivity contribution in [2.75, 3.05) is 0 Å². The molecule has 0 saturated heterocycles. The van der Waals surface area contributed by atoms with Crippen LogP contribution in [0.3, 0.4) is 0 Å². The number of nitrogens with zero attached hydrogens (tertiary/aromatic N) is 1. The number of carboxylic acids is 1. The van der Waals surface area contributed by atoms with Crippen LogP contribution in [0.2, 0.25) is 0 Å². The second-order valence-corrected chi connectivity index (χ2v) is 6.43. The quantitative estimate of drug-likeness (QED) is 0.431. The van der Waals surface area contributed by atoms with E-state index in [-0.39, 0.29) is 24.1 Å². The third-order valence-electron chi connectivity index (χ3n) is 4.20. The first-order valence-corrected chi connectivity index (χ1v) is 8.84. The van der Waals surface area contributed by atoms with Crippen LogP contribution < -0.4 is 10.6 Å². The molecule has 0 heterocycles. The van der Waals surface area contributed by atoms with Crippen LogP contribution in [0.5, 0.6) is 0 Å². The van der Waals surface area contributed by atoms with Crippen LogP contribution in [0, 0.1) is 10.1 Å². The molecular formula is C20H21N3O6. The second kappa shape index (κ2) is 9.98. The molecule has 0 aliphatic carbocycles. The summed E-state index contributed by atoms with van der Waals surface area (Å²) in [5, 5.41) is 25.5. The molecule has 0 radical (unpaired) electrons. The SMILES string of the molecule is CC(=O)N[C@H](Cc1ccccc1)C(=O)N[C@H](Cc1ccccc1[N+](=O)[O-])C(=O)O. The van der Waals surface area contributed by atoms with Gasteiger partial charge in [0.1, 0.15) is 12.1 Å². The Morgan fingerprint density at radius 2 is 1.59 bits per heavy atom. The number of hydrogen-bond donors (Lipinski definition) is 3. The summed E-state index contributed by atoms with van der Waals surface area (Å²) in [5.41, 5.74) is 0.743. The molecule has 9 nitrogen and oxygen atoms in total. The molecule has 2 amide bonds. The van der Waals surface area contributed by atoms with Crippen molar-refractivity contribution in [3.8, 4) is 0 Å². The summed E-state index contributed by atoms with van der Waals surface area (Å²) in [6.45, 7) is 1.26. The Bertz CT molecular complexity index is 900. The molecule has 2 aromatic carbocycles. The molecule has 29 heavy (non-hydrogen) atoms. The number of amides is 2. The predicted molar refractivity (Wildman–Crippen MR) is 104 cm³/mol. The minimum absolute atomic E-state index is 0.171. The summed E-state index contributed by atoms with van der Waals surface area (Å²) in [4.78, 5) is 46.4. The van der Waals surface area contributed by atoms with E-state index < -0.39 is 34.8 Å². The fourth-order valence-corrected chi connectivity index (χ4v) is 2.86. The van der Waals surface area contributed by atoms with Crippen LogP contribution in [0.25, 0.3) is 0 Å². The standard InChI is InChI=1S/C20H21N3O6/c1-13(24)21-16(11-14-7-3-2-4-8-14)19(25)22-17(20(26)27)12-15-9-5-6-10-18(15)23(28)29/h2-10,16-17H,11-12H2,1H3,(H,21,24)(H,22,25)(H,26,27)/t16-,17-/m1/s1. The van der Waals surface area contributed by atoms with Gasteiger partial charge in [-0.05, 0) is 5.56 Å². The molecule has 9 heteroatoms. The van der Waals surface area contributed by atoms with E-state index in [4.69, 9.17) is 0 Å². The van der Waals surface area contributed by atoms with Gasteiger partial charge in [0.25, 0.3) is 5.69 Å². The van der Waals surface area contributed by atoms with E-state index in [1.165, 1.54) is 25.1 Å². The zero-order valence-corrected chi connectivity index (χ0v) is 15.7. The van der Waals surface area contributed by atoms with Gasteiger partial charge < -0.3 is 15.7 Å². The van der Waals surface area contributed by atoms with Crippen molar-refractivity contribution in [2.24, 2.45) is 0 Å². The molecular weight excluding hydrogens is 378 g/mol. The van der Waals surface area contributed by atoms with E-state index >= 15 is 0 Å². The van der Waals surface area contributed by atoms with Gasteiger partial charge in [0.15, 0.2) is 0 Å². The van der Waals surface area contributed by atoms with Gasteiger partial charge in [-0.1, -0.05) is 48.5 Å². The van der Waals surface area contributed by atoms with Gasteiger partial charge in [0, 0.05) is 31.4 Å². The fourth-order valence-electron chi connectivity index (χ4n) is 2.86. The van der Waals surface area contributed by atoms with Gasteiger partial charge >= 0.3 is 5.97 Å². The highest BCUT2D eigenvalue weighted by Gasteiger charge is 2.28. The normalized spacial score (nSPS) is 12.4. The van der Waals surface area contributed by atoms with E-state index in [0.717, 1.165) is 5.56 Å². The Balaban J connectivity index is 2.18. The highest BCUT2D eigenvalue weighted by Crippen LogP contribution is 2.19. The van der Waals surface area contributed by atoms with Crippen LogP contribution >= 0.6 is 0 Å². The molecule has 2 aromatic rings. The number of nitrogens with one attached hydrogen (secondary N) is 2. The molecule has 2 rings (SSSR count). The highest BCUT2D eigenvalue weighted by molar-refractivity contribution is 5.90. The molecule has 0 bridgehead atoms. The molecule has 0 aromatic heterocycles. The fraction of sp³-hybridized carbons (Fsp3) is 0.250. The number of aliphatic carboxylic acids is 1. The molecule has 0 aliphatic rings. The monoisotopic (exact) mass is 399 g/mol. The third-order valence-corrected chi connectivity index (χ3v) is 4.20. The number of nitro benzene ring substituents is 1. The van der Waals surface area contributed by atoms with Crippen molar-refractivity contribution in [3.63, 3.8) is 0 Å². The number of carbonyl (C=O) groups excluding carboxylic acids is 2. The Labute approximate surface area is 166 Å². The van der Waals surface area contributed by atoms with Crippen LogP contribution in [-0.4, -0.2) is 39.9 Å². The lowest BCUT2D eigenvalue weighted by Crippen LogP contribution is -2.52. The number of benzene rings is 2. The highest BCUT2D eigenvalue weighted by atomic mass is 16.6. The molecule has 3 N–H and O–H groups in total. The van der Waals surface area contributed by atoms with Crippen LogP contribution in [0.15, 0.2) is 54.6 Å². The van der Waals surface area contributed by atoms with Crippen LogP contribution in [0.1, 0.15) is 18.1 Å². The minimum atomic E-state index is -1.39. The number of nitro groups is 1. The average molecular weight is 399 g/mol. The van der Waals surface area contributed by atoms with Gasteiger partial charge in [-0.3, -0.25) is 19.7 Å². The Kier molecular flexibility index (Phi) is 7.41. The Morgan fingerprint density at radius 3 is 2.17 bits per heavy atom. The number of hydrogen-bond acceptors (Lipinski definition) is 5. The number of rotatable bonds is 9. The minimum Gasteiger partial charge on any atom is -0.480 e. The van der Waals surface area contributed by atoms with Crippen LogP contribution in [-0.2, 0) is 27.2 Å². The van der Waals surface area contributed by atoms with E-state index in [1.54, 1.807) is 30.3 Å². The topological polar surface area (TPSA) is 139 Å². The Morgan fingerprint density at radius 1 is 0.966 bits per heavy atom. The maximum Gasteiger partial charge on any atom is 0.326 e. The molecule has 2 atom stereocenters. The summed E-state index contributed by atoms with van der Waals surface area (Å²) in [7, 11) is 0. The first-order valence-electron chi connectivity index (χ1n) is 8.84. The van der Waals surface area contributed by atoms with Crippen molar-refractivity contribution >= 4 is 23.5 Å². The molecule has 0 fully saturated rings. The van der Waals surface area contributed by atoms with Crippen molar-refractivity contribution in [3.05, 3.63) is 75.8 Å². The Hall–Kier alpha value is -3.75. The maximum atomic E-state index is 12.7. The van der Waals surface area contributed by atoms with E-state index in [2.05, 4.69) is 10.6 Å². The number of carboxylic acid groups (broad SMARTS) is 1. The van der Waals surface area contributed by atoms with E-state index in [1.807, 2.05) is 6.07 Å². The predicted octanol–water partition coefficient (Wildman–Crippen LogP) is 1.45. The van der Waals surface area contributed by atoms with Crippen molar-refractivity contribution in [2.45, 2.75) is 31.8 Å². The molecule has 152 valence electrons. The first-order chi connectivity index (χ1) is 13.8. The molecule has 0 spiro atoms. The zero-order valence-electron chi connectivity index (χ0n) is 15.7.